The van der Waals surface area contributed by atoms with Crippen LogP contribution < -0.4 is 19.5 Å². The van der Waals surface area contributed by atoms with E-state index in [0.717, 1.165) is 11.1 Å². The average Bonchev–Trinajstić information content (AvgIpc) is 2.56. The van der Waals surface area contributed by atoms with Crippen LogP contribution in [0.15, 0.2) is 36.4 Å². The summed E-state index contributed by atoms with van der Waals surface area (Å²) in [6.45, 7) is 1.19. The van der Waals surface area contributed by atoms with E-state index < -0.39 is 0 Å². The van der Waals surface area contributed by atoms with Gasteiger partial charge in [0.05, 0.1) is 21.3 Å². The van der Waals surface area contributed by atoms with Crippen molar-refractivity contribution >= 4 is 0 Å². The molecule has 0 heterocycles. The van der Waals surface area contributed by atoms with Crippen LogP contribution in [0, 0.1) is 0 Å². The lowest BCUT2D eigenvalue weighted by molar-refractivity contribution is 0.354. The first-order valence-electron chi connectivity index (χ1n) is 6.96. The molecular weight excluding hydrogens is 282 g/mol. The summed E-state index contributed by atoms with van der Waals surface area (Å²) in [5.41, 5.74) is 1.86. The molecule has 5 heteroatoms. The van der Waals surface area contributed by atoms with Crippen molar-refractivity contribution < 1.29 is 19.3 Å². The van der Waals surface area contributed by atoms with Crippen molar-refractivity contribution in [3.8, 4) is 23.0 Å². The van der Waals surface area contributed by atoms with Crippen molar-refractivity contribution in [3.63, 3.8) is 0 Å². The number of phenolic OH excluding ortho intramolecular Hbond substituents is 1. The van der Waals surface area contributed by atoms with Gasteiger partial charge in [0.15, 0.2) is 23.0 Å². The van der Waals surface area contributed by atoms with Crippen molar-refractivity contribution in [2.75, 3.05) is 21.3 Å². The van der Waals surface area contributed by atoms with Crippen LogP contribution in [-0.4, -0.2) is 26.4 Å². The van der Waals surface area contributed by atoms with E-state index in [0.29, 0.717) is 30.3 Å². The normalized spacial score (nSPS) is 10.3. The van der Waals surface area contributed by atoms with Crippen molar-refractivity contribution in [1.29, 1.82) is 0 Å². The van der Waals surface area contributed by atoms with E-state index in [9.17, 15) is 5.11 Å². The first-order chi connectivity index (χ1) is 10.7. The van der Waals surface area contributed by atoms with Crippen LogP contribution in [-0.2, 0) is 13.1 Å². The Labute approximate surface area is 130 Å². The molecule has 0 atom stereocenters. The molecule has 2 aromatic rings. The summed E-state index contributed by atoms with van der Waals surface area (Å²) in [7, 11) is 4.76. The Morgan fingerprint density at radius 3 is 2.27 bits per heavy atom. The number of aromatic hydroxyl groups is 1. The molecule has 0 amide bonds. The summed E-state index contributed by atoms with van der Waals surface area (Å²) in [5, 5.41) is 13.3. The molecular formula is C17H21NO4. The third-order valence-electron chi connectivity index (χ3n) is 3.40. The topological polar surface area (TPSA) is 60.0 Å². The fourth-order valence-electron chi connectivity index (χ4n) is 2.21. The smallest absolute Gasteiger partial charge is 0.162 e. The van der Waals surface area contributed by atoms with Gasteiger partial charge in [-0.1, -0.05) is 18.2 Å². The number of methoxy groups -OCH3 is 3. The predicted octanol–water partition coefficient (Wildman–Crippen LogP) is 2.71. The molecule has 0 spiro atoms. The van der Waals surface area contributed by atoms with Gasteiger partial charge in [0, 0.05) is 18.7 Å². The monoisotopic (exact) mass is 303 g/mol. The van der Waals surface area contributed by atoms with Gasteiger partial charge >= 0.3 is 0 Å². The van der Waals surface area contributed by atoms with Crippen LogP contribution in [0.3, 0.4) is 0 Å². The number of hydrogen-bond acceptors (Lipinski definition) is 5. The van der Waals surface area contributed by atoms with Gasteiger partial charge in [-0.3, -0.25) is 0 Å². The highest BCUT2D eigenvalue weighted by atomic mass is 16.5. The van der Waals surface area contributed by atoms with Crippen molar-refractivity contribution in [2.45, 2.75) is 13.1 Å². The number of rotatable bonds is 7. The first kappa shape index (κ1) is 16.0. The zero-order valence-electron chi connectivity index (χ0n) is 13.1. The summed E-state index contributed by atoms with van der Waals surface area (Å²) in [6, 6.07) is 11.2. The maximum absolute atomic E-state index is 10.0. The number of hydrogen-bond donors (Lipinski definition) is 2. The Balaban J connectivity index is 1.99. The van der Waals surface area contributed by atoms with Gasteiger partial charge in [0.1, 0.15) is 0 Å². The number of nitrogens with one attached hydrogen (secondary N) is 1. The molecule has 0 aliphatic rings. The van der Waals surface area contributed by atoms with Gasteiger partial charge in [0.2, 0.25) is 0 Å². The molecule has 0 aliphatic heterocycles. The fourth-order valence-corrected chi connectivity index (χ4v) is 2.21. The summed E-state index contributed by atoms with van der Waals surface area (Å²) >= 11 is 0. The highest BCUT2D eigenvalue weighted by Crippen LogP contribution is 2.30. The quantitative estimate of drug-likeness (QED) is 0.823. The summed E-state index contributed by atoms with van der Waals surface area (Å²) in [5.74, 6) is 2.05. The molecule has 0 aliphatic carbocycles. The predicted molar refractivity (Wildman–Crippen MR) is 84.7 cm³/mol. The molecule has 118 valence electrons. The Kier molecular flexibility index (Phi) is 5.49. The molecule has 0 saturated carbocycles. The lowest BCUT2D eigenvalue weighted by Gasteiger charge is -2.12. The highest BCUT2D eigenvalue weighted by molar-refractivity contribution is 5.45. The second kappa shape index (κ2) is 7.56. The summed E-state index contributed by atoms with van der Waals surface area (Å²) in [6.07, 6.45) is 0. The molecule has 22 heavy (non-hydrogen) atoms. The zero-order chi connectivity index (χ0) is 15.9. The number of phenols is 1. The van der Waals surface area contributed by atoms with Gasteiger partial charge in [-0.2, -0.15) is 0 Å². The Morgan fingerprint density at radius 2 is 1.59 bits per heavy atom. The molecule has 0 bridgehead atoms. The van der Waals surface area contributed by atoms with Crippen LogP contribution in [0.4, 0.5) is 0 Å². The van der Waals surface area contributed by atoms with E-state index in [4.69, 9.17) is 14.2 Å². The SMILES string of the molecule is COc1ccc(CNCc2cccc(OC)c2O)cc1OC. The molecule has 2 rings (SSSR count). The summed E-state index contributed by atoms with van der Waals surface area (Å²) < 4.78 is 15.6. The van der Waals surface area contributed by atoms with E-state index in [2.05, 4.69) is 5.32 Å². The molecule has 0 radical (unpaired) electrons. The van der Waals surface area contributed by atoms with Gasteiger partial charge < -0.3 is 24.6 Å². The highest BCUT2D eigenvalue weighted by Gasteiger charge is 2.07. The minimum Gasteiger partial charge on any atom is -0.504 e. The molecule has 2 aromatic carbocycles. The number of para-hydroxylation sites is 1. The van der Waals surface area contributed by atoms with Crippen LogP contribution >= 0.6 is 0 Å². The average molecular weight is 303 g/mol. The molecule has 2 N–H and O–H groups in total. The van der Waals surface area contributed by atoms with E-state index in [-0.39, 0.29) is 5.75 Å². The van der Waals surface area contributed by atoms with Crippen LogP contribution in [0.1, 0.15) is 11.1 Å². The Morgan fingerprint density at radius 1 is 0.864 bits per heavy atom. The van der Waals surface area contributed by atoms with Crippen LogP contribution in [0.25, 0.3) is 0 Å². The van der Waals surface area contributed by atoms with E-state index in [1.165, 1.54) is 7.11 Å². The third kappa shape index (κ3) is 3.62. The Bertz CT molecular complexity index is 628. The lowest BCUT2D eigenvalue weighted by Crippen LogP contribution is -2.13. The molecule has 0 unspecified atom stereocenters. The molecule has 0 aromatic heterocycles. The standard InChI is InChI=1S/C17H21NO4/c1-20-14-8-7-12(9-16(14)22-3)10-18-11-13-5-4-6-15(21-2)17(13)19/h4-9,18-19H,10-11H2,1-3H3. The van der Waals surface area contributed by atoms with Crippen LogP contribution in [0.2, 0.25) is 0 Å². The van der Waals surface area contributed by atoms with Gasteiger partial charge in [-0.05, 0) is 23.8 Å². The van der Waals surface area contributed by atoms with E-state index in [1.807, 2.05) is 30.3 Å². The maximum atomic E-state index is 10.0. The largest absolute Gasteiger partial charge is 0.504 e. The summed E-state index contributed by atoms with van der Waals surface area (Å²) in [4.78, 5) is 0. The van der Waals surface area contributed by atoms with Crippen molar-refractivity contribution in [1.82, 2.24) is 5.32 Å². The second-order valence-corrected chi connectivity index (χ2v) is 4.76. The third-order valence-corrected chi connectivity index (χ3v) is 3.40. The Hall–Kier alpha value is -2.40. The number of ether oxygens (including phenoxy) is 3. The molecule has 0 saturated heterocycles. The first-order valence-corrected chi connectivity index (χ1v) is 6.96. The van der Waals surface area contributed by atoms with Gasteiger partial charge in [-0.15, -0.1) is 0 Å². The zero-order valence-corrected chi connectivity index (χ0v) is 13.1. The van der Waals surface area contributed by atoms with Crippen molar-refractivity contribution in [3.05, 3.63) is 47.5 Å². The van der Waals surface area contributed by atoms with Gasteiger partial charge in [-0.25, -0.2) is 0 Å². The number of benzene rings is 2. The van der Waals surface area contributed by atoms with Gasteiger partial charge in [0.25, 0.3) is 0 Å². The fraction of sp³-hybridized carbons (Fsp3) is 0.294. The van der Waals surface area contributed by atoms with Crippen molar-refractivity contribution in [2.24, 2.45) is 0 Å². The van der Waals surface area contributed by atoms with Crippen LogP contribution in [0.5, 0.6) is 23.0 Å². The van der Waals surface area contributed by atoms with E-state index >= 15 is 0 Å². The molecule has 0 fully saturated rings. The maximum Gasteiger partial charge on any atom is 0.162 e. The lowest BCUT2D eigenvalue weighted by atomic mass is 10.1. The minimum absolute atomic E-state index is 0.171. The minimum atomic E-state index is 0.171. The van der Waals surface area contributed by atoms with E-state index in [1.54, 1.807) is 20.3 Å². The molecule has 5 nitrogen and oxygen atoms in total. The second-order valence-electron chi connectivity index (χ2n) is 4.76.